The summed E-state index contributed by atoms with van der Waals surface area (Å²) in [6, 6.07) is 0.296. The average Bonchev–Trinajstić information content (AvgIpc) is 2.39. The van der Waals surface area contributed by atoms with Crippen LogP contribution < -0.4 is 5.73 Å². The second-order valence-electron chi connectivity index (χ2n) is 4.92. The minimum absolute atomic E-state index is 0.296. The molecule has 1 heterocycles. The van der Waals surface area contributed by atoms with Crippen molar-refractivity contribution in [3.8, 4) is 0 Å². The van der Waals surface area contributed by atoms with Gasteiger partial charge in [-0.2, -0.15) is 0 Å². The molecule has 0 saturated heterocycles. The summed E-state index contributed by atoms with van der Waals surface area (Å²) in [5, 5.41) is 0.849. The van der Waals surface area contributed by atoms with Crippen molar-refractivity contribution in [1.29, 1.82) is 0 Å². The SMILES string of the molecule is Cc1cnc(SCC(N)C2CCCCC2)nc1. The topological polar surface area (TPSA) is 51.8 Å². The minimum Gasteiger partial charge on any atom is -0.327 e. The summed E-state index contributed by atoms with van der Waals surface area (Å²) in [6.07, 6.45) is 10.4. The number of hydrogen-bond acceptors (Lipinski definition) is 4. The summed E-state index contributed by atoms with van der Waals surface area (Å²) in [5.74, 6) is 1.65. The molecule has 0 amide bonds. The Morgan fingerprint density at radius 2 is 1.94 bits per heavy atom. The maximum absolute atomic E-state index is 6.25. The van der Waals surface area contributed by atoms with Gasteiger partial charge in [-0.15, -0.1) is 0 Å². The van der Waals surface area contributed by atoms with Gasteiger partial charge in [-0.25, -0.2) is 9.97 Å². The first kappa shape index (κ1) is 12.8. The second kappa shape index (κ2) is 6.36. The highest BCUT2D eigenvalue weighted by Gasteiger charge is 2.20. The fourth-order valence-electron chi connectivity index (χ4n) is 2.32. The number of aryl methyl sites for hydroxylation is 1. The fraction of sp³-hybridized carbons (Fsp3) is 0.692. The molecule has 2 rings (SSSR count). The number of aromatic nitrogens is 2. The third kappa shape index (κ3) is 3.96. The van der Waals surface area contributed by atoms with Crippen molar-refractivity contribution < 1.29 is 0 Å². The Morgan fingerprint density at radius 1 is 1.29 bits per heavy atom. The van der Waals surface area contributed by atoms with Crippen LogP contribution >= 0.6 is 11.8 Å². The van der Waals surface area contributed by atoms with Crippen molar-refractivity contribution in [2.45, 2.75) is 50.2 Å². The molecular weight excluding hydrogens is 230 g/mol. The lowest BCUT2D eigenvalue weighted by Gasteiger charge is -2.26. The third-order valence-corrected chi connectivity index (χ3v) is 4.44. The number of rotatable bonds is 4. The van der Waals surface area contributed by atoms with E-state index >= 15 is 0 Å². The van der Waals surface area contributed by atoms with E-state index in [1.807, 2.05) is 19.3 Å². The van der Waals surface area contributed by atoms with E-state index < -0.39 is 0 Å². The monoisotopic (exact) mass is 251 g/mol. The highest BCUT2D eigenvalue weighted by atomic mass is 32.2. The lowest BCUT2D eigenvalue weighted by atomic mass is 9.85. The molecule has 1 aromatic heterocycles. The molecule has 1 unspecified atom stereocenters. The van der Waals surface area contributed by atoms with Gasteiger partial charge in [0.1, 0.15) is 0 Å². The van der Waals surface area contributed by atoms with Crippen LogP contribution in [0.5, 0.6) is 0 Å². The van der Waals surface area contributed by atoms with Gasteiger partial charge in [0.2, 0.25) is 0 Å². The standard InChI is InChI=1S/C13H21N3S/c1-10-7-15-13(16-8-10)17-9-12(14)11-5-3-2-4-6-11/h7-8,11-12H,2-6,9,14H2,1H3. The molecule has 1 fully saturated rings. The molecular formula is C13H21N3S. The van der Waals surface area contributed by atoms with Gasteiger partial charge in [-0.3, -0.25) is 0 Å². The van der Waals surface area contributed by atoms with E-state index in [0.717, 1.165) is 16.5 Å². The van der Waals surface area contributed by atoms with Crippen molar-refractivity contribution in [3.05, 3.63) is 18.0 Å². The molecule has 3 nitrogen and oxygen atoms in total. The quantitative estimate of drug-likeness (QED) is 0.660. The maximum Gasteiger partial charge on any atom is 0.187 e. The Labute approximate surface area is 108 Å². The van der Waals surface area contributed by atoms with Gasteiger partial charge in [0.15, 0.2) is 5.16 Å². The van der Waals surface area contributed by atoms with Gasteiger partial charge < -0.3 is 5.73 Å². The lowest BCUT2D eigenvalue weighted by molar-refractivity contribution is 0.319. The van der Waals surface area contributed by atoms with E-state index in [2.05, 4.69) is 9.97 Å². The minimum atomic E-state index is 0.296. The summed E-state index contributed by atoms with van der Waals surface area (Å²) in [7, 11) is 0. The highest BCUT2D eigenvalue weighted by Crippen LogP contribution is 2.27. The van der Waals surface area contributed by atoms with E-state index in [1.54, 1.807) is 11.8 Å². The van der Waals surface area contributed by atoms with Crippen LogP contribution in [0.1, 0.15) is 37.7 Å². The Morgan fingerprint density at radius 3 is 2.59 bits per heavy atom. The van der Waals surface area contributed by atoms with Crippen LogP contribution in [-0.2, 0) is 0 Å². The van der Waals surface area contributed by atoms with E-state index in [1.165, 1.54) is 32.1 Å². The molecule has 1 aromatic rings. The van der Waals surface area contributed by atoms with E-state index in [4.69, 9.17) is 5.73 Å². The molecule has 17 heavy (non-hydrogen) atoms. The number of nitrogens with two attached hydrogens (primary N) is 1. The second-order valence-corrected chi connectivity index (χ2v) is 5.90. The van der Waals surface area contributed by atoms with Crippen molar-refractivity contribution in [3.63, 3.8) is 0 Å². The molecule has 0 bridgehead atoms. The van der Waals surface area contributed by atoms with Gasteiger partial charge in [-0.05, 0) is 31.2 Å². The van der Waals surface area contributed by atoms with Crippen LogP contribution in [0.2, 0.25) is 0 Å². The molecule has 94 valence electrons. The zero-order valence-electron chi connectivity index (χ0n) is 10.4. The van der Waals surface area contributed by atoms with Gasteiger partial charge >= 0.3 is 0 Å². The molecule has 1 aliphatic carbocycles. The van der Waals surface area contributed by atoms with Crippen LogP contribution in [0.15, 0.2) is 17.6 Å². The van der Waals surface area contributed by atoms with Crippen molar-refractivity contribution >= 4 is 11.8 Å². The lowest BCUT2D eigenvalue weighted by Crippen LogP contribution is -2.33. The predicted octanol–water partition coefficient (Wildman–Crippen LogP) is 2.78. The van der Waals surface area contributed by atoms with Gasteiger partial charge in [0.25, 0.3) is 0 Å². The number of nitrogens with zero attached hydrogens (tertiary/aromatic N) is 2. The van der Waals surface area contributed by atoms with Crippen molar-refractivity contribution in [1.82, 2.24) is 9.97 Å². The van der Waals surface area contributed by atoms with E-state index in [-0.39, 0.29) is 0 Å². The first-order valence-corrected chi connectivity index (χ1v) is 7.41. The molecule has 1 saturated carbocycles. The van der Waals surface area contributed by atoms with Crippen LogP contribution in [0.25, 0.3) is 0 Å². The molecule has 0 radical (unpaired) electrons. The highest BCUT2D eigenvalue weighted by molar-refractivity contribution is 7.99. The number of thioether (sulfide) groups is 1. The molecule has 2 N–H and O–H groups in total. The zero-order valence-corrected chi connectivity index (χ0v) is 11.2. The van der Waals surface area contributed by atoms with Crippen LogP contribution in [0.3, 0.4) is 0 Å². The van der Waals surface area contributed by atoms with Gasteiger partial charge in [0.05, 0.1) is 0 Å². The number of hydrogen-bond donors (Lipinski definition) is 1. The fourth-order valence-corrected chi connectivity index (χ4v) is 3.19. The summed E-state index contributed by atoms with van der Waals surface area (Å²) >= 11 is 1.68. The molecule has 0 spiro atoms. The Bertz CT molecular complexity index is 333. The first-order valence-electron chi connectivity index (χ1n) is 6.43. The summed E-state index contributed by atoms with van der Waals surface area (Å²) in [5.41, 5.74) is 7.35. The third-order valence-electron chi connectivity index (χ3n) is 3.42. The Balaban J connectivity index is 1.78. The van der Waals surface area contributed by atoms with Crippen LogP contribution in [0.4, 0.5) is 0 Å². The summed E-state index contributed by atoms with van der Waals surface area (Å²) < 4.78 is 0. The van der Waals surface area contributed by atoms with Crippen LogP contribution in [-0.4, -0.2) is 21.8 Å². The van der Waals surface area contributed by atoms with Crippen LogP contribution in [0, 0.1) is 12.8 Å². The summed E-state index contributed by atoms with van der Waals surface area (Å²) in [4.78, 5) is 8.58. The molecule has 4 heteroatoms. The Hall–Kier alpha value is -0.610. The van der Waals surface area contributed by atoms with Gasteiger partial charge in [-0.1, -0.05) is 31.0 Å². The predicted molar refractivity (Wildman–Crippen MR) is 72.0 cm³/mol. The average molecular weight is 251 g/mol. The molecule has 1 aliphatic rings. The normalized spacial score (nSPS) is 19.2. The van der Waals surface area contributed by atoms with E-state index in [9.17, 15) is 0 Å². The molecule has 1 atom stereocenters. The smallest absolute Gasteiger partial charge is 0.187 e. The largest absolute Gasteiger partial charge is 0.327 e. The molecule has 0 aliphatic heterocycles. The van der Waals surface area contributed by atoms with Gasteiger partial charge in [0, 0.05) is 24.2 Å². The maximum atomic E-state index is 6.25. The van der Waals surface area contributed by atoms with Crippen molar-refractivity contribution in [2.24, 2.45) is 11.7 Å². The first-order chi connectivity index (χ1) is 8.25. The zero-order chi connectivity index (χ0) is 12.1. The van der Waals surface area contributed by atoms with Crippen molar-refractivity contribution in [2.75, 3.05) is 5.75 Å². The molecule has 0 aromatic carbocycles. The van der Waals surface area contributed by atoms with E-state index in [0.29, 0.717) is 12.0 Å². The Kier molecular flexibility index (Phi) is 4.80. The summed E-state index contributed by atoms with van der Waals surface area (Å²) in [6.45, 7) is 2.00.